The summed E-state index contributed by atoms with van der Waals surface area (Å²) in [5, 5.41) is 2.38. The SMILES string of the molecule is CNc1nc(N(CC(F)(F)F)C2CC2)c(F)cc1F. The van der Waals surface area contributed by atoms with Crippen molar-refractivity contribution in [2.75, 3.05) is 23.8 Å². The van der Waals surface area contributed by atoms with E-state index in [4.69, 9.17) is 0 Å². The van der Waals surface area contributed by atoms with E-state index in [0.29, 0.717) is 18.9 Å². The van der Waals surface area contributed by atoms with Crippen molar-refractivity contribution in [3.8, 4) is 0 Å². The molecule has 1 aliphatic rings. The van der Waals surface area contributed by atoms with Crippen molar-refractivity contribution >= 4 is 11.6 Å². The standard InChI is InChI=1S/C11H12F5N3/c1-17-9-7(12)4-8(13)10(18-9)19(6-2-3-6)5-11(14,15)16/h4,6H,2-3,5H2,1H3,(H,17,18). The van der Waals surface area contributed by atoms with Gasteiger partial charge in [0.25, 0.3) is 0 Å². The molecule has 1 aliphatic carbocycles. The van der Waals surface area contributed by atoms with Crippen LogP contribution in [-0.2, 0) is 0 Å². The normalized spacial score (nSPS) is 15.5. The van der Waals surface area contributed by atoms with Crippen LogP contribution in [0.2, 0.25) is 0 Å². The van der Waals surface area contributed by atoms with E-state index in [1.54, 1.807) is 0 Å². The topological polar surface area (TPSA) is 28.2 Å². The maximum absolute atomic E-state index is 13.6. The Morgan fingerprint density at radius 3 is 2.42 bits per heavy atom. The van der Waals surface area contributed by atoms with E-state index in [1.165, 1.54) is 7.05 Å². The van der Waals surface area contributed by atoms with Crippen molar-refractivity contribution in [3.05, 3.63) is 17.7 Å². The minimum absolute atomic E-state index is 0.274. The molecule has 0 spiro atoms. The molecule has 19 heavy (non-hydrogen) atoms. The predicted molar refractivity (Wildman–Crippen MR) is 60.1 cm³/mol. The number of anilines is 2. The highest BCUT2D eigenvalue weighted by Crippen LogP contribution is 2.35. The number of hydrogen-bond acceptors (Lipinski definition) is 3. The van der Waals surface area contributed by atoms with Gasteiger partial charge in [-0.25, -0.2) is 13.8 Å². The molecule has 106 valence electrons. The number of aromatic nitrogens is 1. The van der Waals surface area contributed by atoms with Crippen LogP contribution < -0.4 is 10.2 Å². The molecule has 1 saturated carbocycles. The van der Waals surface area contributed by atoms with Crippen LogP contribution in [0.25, 0.3) is 0 Å². The minimum Gasteiger partial charge on any atom is -0.371 e. The first-order valence-corrected chi connectivity index (χ1v) is 5.69. The molecular formula is C11H12F5N3. The largest absolute Gasteiger partial charge is 0.405 e. The molecule has 3 nitrogen and oxygen atoms in total. The fourth-order valence-electron chi connectivity index (χ4n) is 1.79. The number of halogens is 5. The van der Waals surface area contributed by atoms with Crippen LogP contribution in [0.3, 0.4) is 0 Å². The zero-order valence-corrected chi connectivity index (χ0v) is 10.1. The summed E-state index contributed by atoms with van der Waals surface area (Å²) in [6.07, 6.45) is -3.38. The van der Waals surface area contributed by atoms with Gasteiger partial charge in [0.15, 0.2) is 23.3 Å². The lowest BCUT2D eigenvalue weighted by atomic mass is 10.3. The maximum Gasteiger partial charge on any atom is 0.405 e. The molecule has 1 fully saturated rings. The predicted octanol–water partition coefficient (Wildman–Crippen LogP) is 2.93. The lowest BCUT2D eigenvalue weighted by Gasteiger charge is -2.25. The van der Waals surface area contributed by atoms with Crippen molar-refractivity contribution in [2.24, 2.45) is 0 Å². The lowest BCUT2D eigenvalue weighted by Crippen LogP contribution is -2.37. The van der Waals surface area contributed by atoms with E-state index in [-0.39, 0.29) is 5.82 Å². The third-order valence-electron chi connectivity index (χ3n) is 2.76. The molecule has 8 heteroatoms. The molecule has 1 N–H and O–H groups in total. The van der Waals surface area contributed by atoms with Crippen molar-refractivity contribution < 1.29 is 22.0 Å². The van der Waals surface area contributed by atoms with E-state index in [0.717, 1.165) is 4.90 Å². The second-order valence-corrected chi connectivity index (χ2v) is 4.35. The fraction of sp³-hybridized carbons (Fsp3) is 0.545. The monoisotopic (exact) mass is 281 g/mol. The summed E-state index contributed by atoms with van der Waals surface area (Å²) in [4.78, 5) is 4.44. The molecule has 0 unspecified atom stereocenters. The van der Waals surface area contributed by atoms with Gasteiger partial charge in [-0.3, -0.25) is 0 Å². The Bertz CT molecular complexity index is 470. The molecule has 0 radical (unpaired) electrons. The molecular weight excluding hydrogens is 269 g/mol. The van der Waals surface area contributed by atoms with Gasteiger partial charge in [-0.1, -0.05) is 0 Å². The Morgan fingerprint density at radius 1 is 1.32 bits per heavy atom. The molecule has 0 saturated heterocycles. The van der Waals surface area contributed by atoms with Crippen LogP contribution in [0, 0.1) is 11.6 Å². The first kappa shape index (κ1) is 13.8. The van der Waals surface area contributed by atoms with Crippen LogP contribution >= 0.6 is 0 Å². The van der Waals surface area contributed by atoms with Gasteiger partial charge >= 0.3 is 6.18 Å². The van der Waals surface area contributed by atoms with Crippen LogP contribution in [0.4, 0.5) is 33.6 Å². The highest BCUT2D eigenvalue weighted by atomic mass is 19.4. The van der Waals surface area contributed by atoms with Crippen LogP contribution in [-0.4, -0.2) is 30.8 Å². The number of pyridine rings is 1. The number of rotatable bonds is 4. The molecule has 0 atom stereocenters. The Balaban J connectivity index is 2.36. The molecule has 1 heterocycles. The third-order valence-corrected chi connectivity index (χ3v) is 2.76. The summed E-state index contributed by atoms with van der Waals surface area (Å²) in [7, 11) is 1.36. The Kier molecular flexibility index (Phi) is 3.51. The van der Waals surface area contributed by atoms with E-state index >= 15 is 0 Å². The van der Waals surface area contributed by atoms with Crippen LogP contribution in [0.15, 0.2) is 6.07 Å². The fourth-order valence-corrected chi connectivity index (χ4v) is 1.79. The van der Waals surface area contributed by atoms with E-state index in [1.807, 2.05) is 0 Å². The summed E-state index contributed by atoms with van der Waals surface area (Å²) in [5.74, 6) is -2.77. The third kappa shape index (κ3) is 3.24. The minimum atomic E-state index is -4.47. The highest BCUT2D eigenvalue weighted by Gasteiger charge is 2.40. The van der Waals surface area contributed by atoms with Gasteiger partial charge in [-0.15, -0.1) is 0 Å². The first-order chi connectivity index (χ1) is 8.81. The smallest absolute Gasteiger partial charge is 0.371 e. The van der Waals surface area contributed by atoms with Gasteiger partial charge in [0.1, 0.15) is 6.54 Å². The molecule has 2 rings (SSSR count). The molecule has 0 amide bonds. The lowest BCUT2D eigenvalue weighted by molar-refractivity contribution is -0.120. The quantitative estimate of drug-likeness (QED) is 0.860. The van der Waals surface area contributed by atoms with Gasteiger partial charge < -0.3 is 10.2 Å². The van der Waals surface area contributed by atoms with Gasteiger partial charge in [-0.05, 0) is 12.8 Å². The molecule has 0 bridgehead atoms. The molecule has 1 aromatic rings. The Morgan fingerprint density at radius 2 is 1.95 bits per heavy atom. The van der Waals surface area contributed by atoms with Crippen molar-refractivity contribution in [2.45, 2.75) is 25.1 Å². The second kappa shape index (κ2) is 4.82. The summed E-state index contributed by atoms with van der Waals surface area (Å²) in [5.41, 5.74) is 0. The van der Waals surface area contributed by atoms with Crippen molar-refractivity contribution in [3.63, 3.8) is 0 Å². The van der Waals surface area contributed by atoms with Crippen molar-refractivity contribution in [1.29, 1.82) is 0 Å². The maximum atomic E-state index is 13.6. The van der Waals surface area contributed by atoms with E-state index < -0.39 is 36.2 Å². The molecule has 0 aliphatic heterocycles. The molecule has 0 aromatic carbocycles. The van der Waals surface area contributed by atoms with Crippen LogP contribution in [0.1, 0.15) is 12.8 Å². The van der Waals surface area contributed by atoms with Gasteiger partial charge in [0, 0.05) is 19.2 Å². The van der Waals surface area contributed by atoms with Gasteiger partial charge in [-0.2, -0.15) is 13.2 Å². The van der Waals surface area contributed by atoms with E-state index in [2.05, 4.69) is 10.3 Å². The number of hydrogen-bond donors (Lipinski definition) is 1. The summed E-state index contributed by atoms with van der Waals surface area (Å²) in [6.45, 7) is -1.30. The Labute approximate surface area is 106 Å². The summed E-state index contributed by atoms with van der Waals surface area (Å²) in [6, 6.07) is 0.152. The number of nitrogens with zero attached hydrogens (tertiary/aromatic N) is 2. The average molecular weight is 281 g/mol. The van der Waals surface area contributed by atoms with Gasteiger partial charge in [0.05, 0.1) is 0 Å². The first-order valence-electron chi connectivity index (χ1n) is 5.69. The molecule has 1 aromatic heterocycles. The zero-order chi connectivity index (χ0) is 14.2. The Hall–Kier alpha value is -1.60. The average Bonchev–Trinajstić information content (AvgIpc) is 3.09. The number of nitrogens with one attached hydrogen (secondary N) is 1. The van der Waals surface area contributed by atoms with E-state index in [9.17, 15) is 22.0 Å². The number of alkyl halides is 3. The van der Waals surface area contributed by atoms with Crippen LogP contribution in [0.5, 0.6) is 0 Å². The summed E-state index contributed by atoms with van der Waals surface area (Å²) < 4.78 is 64.4. The second-order valence-electron chi connectivity index (χ2n) is 4.35. The summed E-state index contributed by atoms with van der Waals surface area (Å²) >= 11 is 0. The van der Waals surface area contributed by atoms with Gasteiger partial charge in [0.2, 0.25) is 0 Å². The highest BCUT2D eigenvalue weighted by molar-refractivity contribution is 5.50. The zero-order valence-electron chi connectivity index (χ0n) is 10.1. The van der Waals surface area contributed by atoms with Crippen molar-refractivity contribution in [1.82, 2.24) is 4.98 Å².